The molecule has 0 spiro atoms. The van der Waals surface area contributed by atoms with Gasteiger partial charge in [-0.1, -0.05) is 17.7 Å². The van der Waals surface area contributed by atoms with Crippen LogP contribution in [-0.4, -0.2) is 51.3 Å². The van der Waals surface area contributed by atoms with Crippen LogP contribution in [0.15, 0.2) is 36.8 Å². The summed E-state index contributed by atoms with van der Waals surface area (Å²) in [5.41, 5.74) is 4.70. The number of benzene rings is 1. The van der Waals surface area contributed by atoms with Crippen molar-refractivity contribution in [1.29, 1.82) is 0 Å². The second kappa shape index (κ2) is 7.75. The van der Waals surface area contributed by atoms with E-state index in [1.165, 1.54) is 16.7 Å². The van der Waals surface area contributed by atoms with Gasteiger partial charge in [0.25, 0.3) is 0 Å². The number of nitrogens with one attached hydrogen (secondary N) is 1. The third kappa shape index (κ3) is 3.85. The number of nitrogens with zero attached hydrogens (tertiary/aromatic N) is 7. The van der Waals surface area contributed by atoms with Crippen LogP contribution >= 0.6 is 0 Å². The Labute approximate surface area is 164 Å². The summed E-state index contributed by atoms with van der Waals surface area (Å²) < 4.78 is 0. The zero-order valence-electron chi connectivity index (χ0n) is 16.4. The molecule has 0 saturated carbocycles. The van der Waals surface area contributed by atoms with Gasteiger partial charge in [0.1, 0.15) is 0 Å². The van der Waals surface area contributed by atoms with Gasteiger partial charge in [-0.05, 0) is 38.0 Å². The number of piperazine rings is 1. The Morgan fingerprint density at radius 3 is 2.11 bits per heavy atom. The molecule has 8 nitrogen and oxygen atoms in total. The molecule has 1 aromatic carbocycles. The number of anilines is 4. The van der Waals surface area contributed by atoms with Crippen LogP contribution in [0.5, 0.6) is 0 Å². The van der Waals surface area contributed by atoms with Crippen molar-refractivity contribution < 1.29 is 0 Å². The Balaban J connectivity index is 1.46. The average molecular weight is 376 g/mol. The van der Waals surface area contributed by atoms with Gasteiger partial charge in [-0.25, -0.2) is 9.97 Å². The van der Waals surface area contributed by atoms with Crippen molar-refractivity contribution in [3.8, 4) is 0 Å². The first-order chi connectivity index (χ1) is 13.6. The summed E-state index contributed by atoms with van der Waals surface area (Å²) in [6.07, 6.45) is 5.20. The highest BCUT2D eigenvalue weighted by molar-refractivity contribution is 5.65. The molecule has 0 radical (unpaired) electrons. The lowest BCUT2D eigenvalue weighted by Gasteiger charge is -2.34. The Morgan fingerprint density at radius 2 is 1.46 bits per heavy atom. The summed E-state index contributed by atoms with van der Waals surface area (Å²) in [6, 6.07) is 6.15. The predicted molar refractivity (Wildman–Crippen MR) is 110 cm³/mol. The predicted octanol–water partition coefficient (Wildman–Crippen LogP) is 2.66. The fourth-order valence-corrected chi connectivity index (χ4v) is 3.55. The van der Waals surface area contributed by atoms with Gasteiger partial charge in [0.05, 0.1) is 6.20 Å². The van der Waals surface area contributed by atoms with E-state index in [4.69, 9.17) is 0 Å². The van der Waals surface area contributed by atoms with Crippen molar-refractivity contribution in [2.75, 3.05) is 41.3 Å². The number of rotatable bonds is 4. The monoisotopic (exact) mass is 376 g/mol. The Kier molecular flexibility index (Phi) is 5.01. The number of hydrogen-bond donors (Lipinski definition) is 1. The van der Waals surface area contributed by atoms with Gasteiger partial charge in [-0.2, -0.15) is 10.1 Å². The highest BCUT2D eigenvalue weighted by atomic mass is 15.4. The first kappa shape index (κ1) is 18.1. The molecule has 0 atom stereocenters. The SMILES string of the molecule is Cc1cc(C)c(Nc2cnnc(N3CCN(c4ncccn4)CC3)n2)c(C)c1. The maximum Gasteiger partial charge on any atom is 0.247 e. The second-order valence-corrected chi connectivity index (χ2v) is 7.06. The first-order valence-electron chi connectivity index (χ1n) is 9.41. The van der Waals surface area contributed by atoms with Gasteiger partial charge in [-0.15, -0.1) is 5.10 Å². The molecule has 3 heterocycles. The lowest BCUT2D eigenvalue weighted by atomic mass is 10.1. The van der Waals surface area contributed by atoms with E-state index in [-0.39, 0.29) is 0 Å². The maximum atomic E-state index is 4.69. The quantitative estimate of drug-likeness (QED) is 0.744. The van der Waals surface area contributed by atoms with Crippen LogP contribution in [0.3, 0.4) is 0 Å². The fourth-order valence-electron chi connectivity index (χ4n) is 3.55. The molecular formula is C20H24N8. The fraction of sp³-hybridized carbons (Fsp3) is 0.350. The van der Waals surface area contributed by atoms with Crippen LogP contribution in [0, 0.1) is 20.8 Å². The van der Waals surface area contributed by atoms with Gasteiger partial charge in [0.15, 0.2) is 5.82 Å². The third-order valence-electron chi connectivity index (χ3n) is 4.88. The molecule has 1 aliphatic rings. The van der Waals surface area contributed by atoms with E-state index < -0.39 is 0 Å². The van der Waals surface area contributed by atoms with Crippen LogP contribution in [0.1, 0.15) is 16.7 Å². The standard InChI is InChI=1S/C20H24N8/c1-14-11-15(2)18(16(3)12-14)24-17-13-23-26-20(25-17)28-9-7-27(8-10-28)19-21-5-4-6-22-19/h4-6,11-13H,7-10H2,1-3H3,(H,24,25,26). The van der Waals surface area contributed by atoms with E-state index in [0.29, 0.717) is 11.8 Å². The molecule has 2 aromatic heterocycles. The molecule has 0 aliphatic carbocycles. The molecule has 8 heteroatoms. The lowest BCUT2D eigenvalue weighted by molar-refractivity contribution is 0.624. The van der Waals surface area contributed by atoms with E-state index in [1.54, 1.807) is 18.6 Å². The zero-order chi connectivity index (χ0) is 19.5. The lowest BCUT2D eigenvalue weighted by Crippen LogP contribution is -2.47. The molecule has 28 heavy (non-hydrogen) atoms. The molecule has 144 valence electrons. The maximum absolute atomic E-state index is 4.69. The average Bonchev–Trinajstić information content (AvgIpc) is 2.72. The normalized spacial score (nSPS) is 14.2. The molecule has 4 rings (SSSR count). The third-order valence-corrected chi connectivity index (χ3v) is 4.88. The van der Waals surface area contributed by atoms with Crippen molar-refractivity contribution in [1.82, 2.24) is 25.1 Å². The van der Waals surface area contributed by atoms with Crippen LogP contribution in [0.4, 0.5) is 23.4 Å². The van der Waals surface area contributed by atoms with Crippen molar-refractivity contribution in [2.45, 2.75) is 20.8 Å². The van der Waals surface area contributed by atoms with Crippen LogP contribution < -0.4 is 15.1 Å². The smallest absolute Gasteiger partial charge is 0.247 e. The molecule has 0 amide bonds. The Bertz CT molecular complexity index is 928. The molecule has 3 aromatic rings. The summed E-state index contributed by atoms with van der Waals surface area (Å²) >= 11 is 0. The molecule has 1 N–H and O–H groups in total. The van der Waals surface area contributed by atoms with Gasteiger partial charge < -0.3 is 15.1 Å². The van der Waals surface area contributed by atoms with Gasteiger partial charge in [0.2, 0.25) is 11.9 Å². The summed E-state index contributed by atoms with van der Waals surface area (Å²) in [4.78, 5) is 17.7. The van der Waals surface area contributed by atoms with Gasteiger partial charge in [0, 0.05) is 44.3 Å². The minimum absolute atomic E-state index is 0.640. The summed E-state index contributed by atoms with van der Waals surface area (Å²) in [5.74, 6) is 2.11. The first-order valence-corrected chi connectivity index (χ1v) is 9.41. The largest absolute Gasteiger partial charge is 0.338 e. The minimum Gasteiger partial charge on any atom is -0.338 e. The highest BCUT2D eigenvalue weighted by Gasteiger charge is 2.21. The van der Waals surface area contributed by atoms with E-state index >= 15 is 0 Å². The van der Waals surface area contributed by atoms with E-state index in [0.717, 1.165) is 37.8 Å². The summed E-state index contributed by atoms with van der Waals surface area (Å²) in [6.45, 7) is 9.54. The van der Waals surface area contributed by atoms with Gasteiger partial charge >= 0.3 is 0 Å². The zero-order valence-corrected chi connectivity index (χ0v) is 16.4. The molecule has 1 fully saturated rings. The second-order valence-electron chi connectivity index (χ2n) is 7.06. The Hall–Kier alpha value is -3.29. The van der Waals surface area contributed by atoms with E-state index in [9.17, 15) is 0 Å². The molecular weight excluding hydrogens is 352 g/mol. The summed E-state index contributed by atoms with van der Waals surface area (Å²) in [5, 5.41) is 11.8. The summed E-state index contributed by atoms with van der Waals surface area (Å²) in [7, 11) is 0. The van der Waals surface area contributed by atoms with Crippen molar-refractivity contribution in [2.24, 2.45) is 0 Å². The van der Waals surface area contributed by atoms with Gasteiger partial charge in [-0.3, -0.25) is 0 Å². The van der Waals surface area contributed by atoms with Crippen molar-refractivity contribution >= 4 is 23.4 Å². The molecule has 1 saturated heterocycles. The van der Waals surface area contributed by atoms with Crippen molar-refractivity contribution in [3.63, 3.8) is 0 Å². The topological polar surface area (TPSA) is 83.0 Å². The van der Waals surface area contributed by atoms with Crippen LogP contribution in [0.25, 0.3) is 0 Å². The minimum atomic E-state index is 0.640. The number of hydrogen-bond acceptors (Lipinski definition) is 8. The van der Waals surface area contributed by atoms with E-state index in [2.05, 4.69) is 73.2 Å². The number of aryl methyl sites for hydroxylation is 3. The highest BCUT2D eigenvalue weighted by Crippen LogP contribution is 2.25. The molecule has 0 bridgehead atoms. The van der Waals surface area contributed by atoms with E-state index in [1.807, 2.05) is 6.07 Å². The molecule has 1 aliphatic heterocycles. The van der Waals surface area contributed by atoms with Crippen LogP contribution in [-0.2, 0) is 0 Å². The van der Waals surface area contributed by atoms with Crippen molar-refractivity contribution in [3.05, 3.63) is 53.5 Å². The molecule has 0 unspecified atom stereocenters. The van der Waals surface area contributed by atoms with Crippen LogP contribution in [0.2, 0.25) is 0 Å². The number of aromatic nitrogens is 5. The Morgan fingerprint density at radius 1 is 0.857 bits per heavy atom.